The van der Waals surface area contributed by atoms with Crippen LogP contribution >= 0.6 is 0 Å². The number of hydrogen-bond donors (Lipinski definition) is 1. The first-order valence-corrected chi connectivity index (χ1v) is 7.14. The van der Waals surface area contributed by atoms with Gasteiger partial charge >= 0.3 is 0 Å². The van der Waals surface area contributed by atoms with Crippen LogP contribution in [0.5, 0.6) is 0 Å². The second-order valence-electron chi connectivity index (χ2n) is 5.79. The van der Waals surface area contributed by atoms with E-state index >= 15 is 0 Å². The van der Waals surface area contributed by atoms with Crippen molar-refractivity contribution in [2.24, 2.45) is 5.92 Å². The smallest absolute Gasteiger partial charge is 0.0618 e. The molecule has 1 aliphatic carbocycles. The van der Waals surface area contributed by atoms with E-state index in [-0.39, 0.29) is 0 Å². The fourth-order valence-corrected chi connectivity index (χ4v) is 2.51. The summed E-state index contributed by atoms with van der Waals surface area (Å²) in [6, 6.07) is 9.20. The van der Waals surface area contributed by atoms with E-state index < -0.39 is 0 Å². The molecule has 3 heteroatoms. The molecule has 1 N–H and O–H groups in total. The van der Waals surface area contributed by atoms with E-state index in [4.69, 9.17) is 4.74 Å². The maximum atomic E-state index is 5.32. The minimum absolute atomic E-state index is 0.511. The zero-order valence-electron chi connectivity index (χ0n) is 12.4. The molecule has 0 bridgehead atoms. The van der Waals surface area contributed by atoms with Gasteiger partial charge in [0.1, 0.15) is 0 Å². The summed E-state index contributed by atoms with van der Waals surface area (Å²) in [5.41, 5.74) is 2.81. The maximum absolute atomic E-state index is 5.32. The van der Waals surface area contributed by atoms with Gasteiger partial charge in [0, 0.05) is 26.2 Å². The van der Waals surface area contributed by atoms with Gasteiger partial charge in [-0.2, -0.15) is 0 Å². The molecule has 0 saturated heterocycles. The van der Waals surface area contributed by atoms with Gasteiger partial charge in [-0.05, 0) is 44.0 Å². The minimum atomic E-state index is 0.511. The summed E-state index contributed by atoms with van der Waals surface area (Å²) >= 11 is 0. The van der Waals surface area contributed by atoms with Gasteiger partial charge < -0.3 is 15.0 Å². The van der Waals surface area contributed by atoms with Crippen LogP contribution in [0.15, 0.2) is 24.3 Å². The Balaban J connectivity index is 1.93. The summed E-state index contributed by atoms with van der Waals surface area (Å²) in [6.07, 6.45) is 2.70. The van der Waals surface area contributed by atoms with E-state index in [9.17, 15) is 0 Å². The second kappa shape index (κ2) is 7.04. The number of nitrogens with one attached hydrogen (secondary N) is 1. The zero-order chi connectivity index (χ0) is 13.7. The lowest BCUT2D eigenvalue weighted by molar-refractivity contribution is 0.157. The van der Waals surface area contributed by atoms with Crippen LogP contribution in [0.4, 0.5) is 0 Å². The largest absolute Gasteiger partial charge is 0.383 e. The van der Waals surface area contributed by atoms with Crippen molar-refractivity contribution < 1.29 is 4.74 Å². The molecule has 0 spiro atoms. The monoisotopic (exact) mass is 262 g/mol. The predicted molar refractivity (Wildman–Crippen MR) is 79.1 cm³/mol. The first kappa shape index (κ1) is 14.5. The van der Waals surface area contributed by atoms with Crippen LogP contribution < -0.4 is 5.32 Å². The first-order chi connectivity index (χ1) is 9.20. The van der Waals surface area contributed by atoms with Crippen molar-refractivity contribution >= 4 is 0 Å². The van der Waals surface area contributed by atoms with Crippen LogP contribution in [-0.4, -0.2) is 38.8 Å². The minimum Gasteiger partial charge on any atom is -0.383 e. The van der Waals surface area contributed by atoms with E-state index in [1.54, 1.807) is 7.11 Å². The Kier molecular flexibility index (Phi) is 5.37. The van der Waals surface area contributed by atoms with Gasteiger partial charge in [-0.1, -0.05) is 24.3 Å². The maximum Gasteiger partial charge on any atom is 0.0618 e. The molecular weight excluding hydrogens is 236 g/mol. The van der Waals surface area contributed by atoms with E-state index in [0.717, 1.165) is 25.6 Å². The molecule has 3 nitrogen and oxygen atoms in total. The molecule has 1 aromatic rings. The van der Waals surface area contributed by atoms with E-state index in [1.807, 2.05) is 0 Å². The molecule has 0 amide bonds. The van der Waals surface area contributed by atoms with Crippen LogP contribution in [0.3, 0.4) is 0 Å². The summed E-state index contributed by atoms with van der Waals surface area (Å²) in [4.78, 5) is 2.21. The van der Waals surface area contributed by atoms with E-state index in [0.29, 0.717) is 6.04 Å². The molecule has 1 fully saturated rings. The fraction of sp³-hybridized carbons (Fsp3) is 0.625. The van der Waals surface area contributed by atoms with Gasteiger partial charge in [0.25, 0.3) is 0 Å². The van der Waals surface area contributed by atoms with Gasteiger partial charge in [-0.3, -0.25) is 0 Å². The van der Waals surface area contributed by atoms with Crippen LogP contribution in [0.2, 0.25) is 0 Å². The van der Waals surface area contributed by atoms with Crippen molar-refractivity contribution in [3.05, 3.63) is 35.4 Å². The highest BCUT2D eigenvalue weighted by Crippen LogP contribution is 2.32. The molecule has 1 aliphatic rings. The molecular formula is C16H26N2O. The Hall–Kier alpha value is -0.900. The lowest BCUT2D eigenvalue weighted by Gasteiger charge is -2.19. The molecule has 0 aliphatic heterocycles. The third-order valence-corrected chi connectivity index (χ3v) is 3.70. The Morgan fingerprint density at radius 2 is 1.95 bits per heavy atom. The number of methoxy groups -OCH3 is 1. The normalized spacial score (nSPS) is 16.8. The zero-order valence-corrected chi connectivity index (χ0v) is 12.4. The van der Waals surface area contributed by atoms with Crippen molar-refractivity contribution in [2.75, 3.05) is 27.8 Å². The quantitative estimate of drug-likeness (QED) is 0.778. The number of rotatable bonds is 8. The molecule has 19 heavy (non-hydrogen) atoms. The van der Waals surface area contributed by atoms with Crippen LogP contribution in [0.25, 0.3) is 0 Å². The molecule has 1 atom stereocenters. The third-order valence-electron chi connectivity index (χ3n) is 3.70. The molecule has 106 valence electrons. The summed E-state index contributed by atoms with van der Waals surface area (Å²) in [5, 5.41) is 3.67. The highest BCUT2D eigenvalue weighted by Gasteiger charge is 2.30. The Morgan fingerprint density at radius 1 is 1.26 bits per heavy atom. The van der Waals surface area contributed by atoms with Crippen molar-refractivity contribution in [3.8, 4) is 0 Å². The van der Waals surface area contributed by atoms with Gasteiger partial charge in [-0.15, -0.1) is 0 Å². The highest BCUT2D eigenvalue weighted by atomic mass is 16.5. The Labute approximate surface area is 116 Å². The lowest BCUT2D eigenvalue weighted by atomic mass is 10.1. The van der Waals surface area contributed by atoms with Crippen LogP contribution in [0, 0.1) is 5.92 Å². The fourth-order valence-electron chi connectivity index (χ4n) is 2.51. The van der Waals surface area contributed by atoms with Gasteiger partial charge in [0.05, 0.1) is 6.61 Å². The number of nitrogens with zero attached hydrogens (tertiary/aromatic N) is 1. The lowest BCUT2D eigenvalue weighted by Crippen LogP contribution is -2.35. The number of benzene rings is 1. The Morgan fingerprint density at radius 3 is 2.53 bits per heavy atom. The third kappa shape index (κ3) is 4.60. The van der Waals surface area contributed by atoms with Crippen molar-refractivity contribution in [1.82, 2.24) is 10.2 Å². The standard InChI is InChI=1S/C16H26N2O/c1-18(2)11-15-7-5-4-6-14(15)10-17-16(12-19-3)13-8-9-13/h4-7,13,16-17H,8-12H2,1-3H3. The summed E-state index contributed by atoms with van der Waals surface area (Å²) in [7, 11) is 6.02. The predicted octanol–water partition coefficient (Wildman–Crippen LogP) is 2.26. The molecule has 2 rings (SSSR count). The molecule has 1 saturated carbocycles. The van der Waals surface area contributed by atoms with Gasteiger partial charge in [0.15, 0.2) is 0 Å². The molecule has 0 heterocycles. The topological polar surface area (TPSA) is 24.5 Å². The molecule has 0 aromatic heterocycles. The average Bonchev–Trinajstić information content (AvgIpc) is 3.19. The van der Waals surface area contributed by atoms with Gasteiger partial charge in [-0.25, -0.2) is 0 Å². The summed E-state index contributed by atoms with van der Waals surface area (Å²) in [5.74, 6) is 0.820. The molecule has 0 radical (unpaired) electrons. The first-order valence-electron chi connectivity index (χ1n) is 7.14. The van der Waals surface area contributed by atoms with E-state index in [2.05, 4.69) is 48.6 Å². The SMILES string of the molecule is COCC(NCc1ccccc1CN(C)C)C1CC1. The van der Waals surface area contributed by atoms with Crippen LogP contribution in [0.1, 0.15) is 24.0 Å². The van der Waals surface area contributed by atoms with Crippen LogP contribution in [-0.2, 0) is 17.8 Å². The van der Waals surface area contributed by atoms with Crippen molar-refractivity contribution in [2.45, 2.75) is 32.0 Å². The Bertz CT molecular complexity index is 388. The van der Waals surface area contributed by atoms with Gasteiger partial charge in [0.2, 0.25) is 0 Å². The molecule has 1 unspecified atom stereocenters. The second-order valence-corrected chi connectivity index (χ2v) is 5.79. The average molecular weight is 262 g/mol. The van der Waals surface area contributed by atoms with Crippen molar-refractivity contribution in [3.63, 3.8) is 0 Å². The molecule has 1 aromatic carbocycles. The van der Waals surface area contributed by atoms with E-state index in [1.165, 1.54) is 24.0 Å². The highest BCUT2D eigenvalue weighted by molar-refractivity contribution is 5.27. The van der Waals surface area contributed by atoms with Crippen molar-refractivity contribution in [1.29, 1.82) is 0 Å². The number of hydrogen-bond acceptors (Lipinski definition) is 3. The number of ether oxygens (including phenoxy) is 1. The summed E-state index contributed by atoms with van der Waals surface area (Å²) in [6.45, 7) is 2.76. The summed E-state index contributed by atoms with van der Waals surface area (Å²) < 4.78 is 5.32.